The molecule has 0 bridgehead atoms. The molecule has 18 heavy (non-hydrogen) atoms. The van der Waals surface area contributed by atoms with Crippen molar-refractivity contribution >= 4 is 23.2 Å². The van der Waals surface area contributed by atoms with Gasteiger partial charge in [-0.1, -0.05) is 11.6 Å². The van der Waals surface area contributed by atoms with Crippen LogP contribution in [0.3, 0.4) is 0 Å². The number of H-pyrrole nitrogens is 1. The van der Waals surface area contributed by atoms with Crippen LogP contribution in [0.25, 0.3) is 0 Å². The van der Waals surface area contributed by atoms with Crippen molar-refractivity contribution in [2.75, 3.05) is 5.32 Å². The fraction of sp³-hybridized carbons (Fsp3) is 0.273. The lowest BCUT2D eigenvalue weighted by atomic mass is 10.3. The van der Waals surface area contributed by atoms with Gasteiger partial charge in [0.15, 0.2) is 16.8 Å². The van der Waals surface area contributed by atoms with Crippen LogP contribution in [0, 0.1) is 11.3 Å². The van der Waals surface area contributed by atoms with Crippen LogP contribution in [0.1, 0.15) is 30.0 Å². The molecule has 0 radical (unpaired) electrons. The number of nitriles is 1. The van der Waals surface area contributed by atoms with Crippen LogP contribution in [-0.2, 0) is 0 Å². The van der Waals surface area contributed by atoms with Gasteiger partial charge in [-0.05, 0) is 12.8 Å². The van der Waals surface area contributed by atoms with E-state index < -0.39 is 0 Å². The first-order valence-electron chi connectivity index (χ1n) is 5.51. The number of rotatable bonds is 3. The highest BCUT2D eigenvalue weighted by atomic mass is 35.5. The van der Waals surface area contributed by atoms with Gasteiger partial charge in [-0.15, -0.1) is 0 Å². The molecule has 2 N–H and O–H groups in total. The molecule has 0 aromatic carbocycles. The van der Waals surface area contributed by atoms with Gasteiger partial charge in [0, 0.05) is 17.7 Å². The Morgan fingerprint density at radius 3 is 3.00 bits per heavy atom. The SMILES string of the molecule is N#Cc1c(Cl)ncnc1Nc1cc(C2CC2)[nH]n1. The lowest BCUT2D eigenvalue weighted by Gasteiger charge is -2.03. The lowest BCUT2D eigenvalue weighted by Crippen LogP contribution is -1.99. The second kappa shape index (κ2) is 4.27. The van der Waals surface area contributed by atoms with Gasteiger partial charge in [-0.25, -0.2) is 9.97 Å². The van der Waals surface area contributed by atoms with Crippen molar-refractivity contribution in [1.82, 2.24) is 20.2 Å². The first-order valence-corrected chi connectivity index (χ1v) is 5.88. The van der Waals surface area contributed by atoms with Crippen molar-refractivity contribution < 1.29 is 0 Å². The van der Waals surface area contributed by atoms with E-state index in [9.17, 15) is 0 Å². The predicted molar refractivity (Wildman–Crippen MR) is 65.6 cm³/mol. The molecule has 0 atom stereocenters. The highest BCUT2D eigenvalue weighted by Gasteiger charge is 2.25. The van der Waals surface area contributed by atoms with Gasteiger partial charge in [0.25, 0.3) is 0 Å². The molecule has 1 aliphatic rings. The van der Waals surface area contributed by atoms with Crippen LogP contribution in [0.4, 0.5) is 11.6 Å². The van der Waals surface area contributed by atoms with Gasteiger partial charge in [-0.3, -0.25) is 5.10 Å². The molecule has 0 unspecified atom stereocenters. The van der Waals surface area contributed by atoms with E-state index >= 15 is 0 Å². The minimum absolute atomic E-state index is 0.132. The van der Waals surface area contributed by atoms with Crippen molar-refractivity contribution in [2.24, 2.45) is 0 Å². The topological polar surface area (TPSA) is 90.3 Å². The van der Waals surface area contributed by atoms with Crippen LogP contribution >= 0.6 is 11.6 Å². The third-order valence-electron chi connectivity index (χ3n) is 2.77. The Morgan fingerprint density at radius 1 is 1.44 bits per heavy atom. The summed E-state index contributed by atoms with van der Waals surface area (Å²) >= 11 is 5.82. The number of hydrogen-bond acceptors (Lipinski definition) is 5. The van der Waals surface area contributed by atoms with Crippen LogP contribution in [-0.4, -0.2) is 20.2 Å². The smallest absolute Gasteiger partial charge is 0.154 e. The van der Waals surface area contributed by atoms with Crippen molar-refractivity contribution in [1.29, 1.82) is 5.26 Å². The molecular weight excluding hydrogens is 252 g/mol. The van der Waals surface area contributed by atoms with E-state index in [1.54, 1.807) is 0 Å². The largest absolute Gasteiger partial charge is 0.322 e. The van der Waals surface area contributed by atoms with E-state index in [4.69, 9.17) is 16.9 Å². The normalized spacial score (nSPS) is 14.2. The molecule has 7 heteroatoms. The first kappa shape index (κ1) is 11.0. The van der Waals surface area contributed by atoms with Gasteiger partial charge < -0.3 is 5.32 Å². The van der Waals surface area contributed by atoms with Gasteiger partial charge in [0.2, 0.25) is 0 Å². The quantitative estimate of drug-likeness (QED) is 0.827. The van der Waals surface area contributed by atoms with Crippen LogP contribution in [0.5, 0.6) is 0 Å². The molecule has 0 saturated heterocycles. The predicted octanol–water partition coefficient (Wildman–Crippen LogP) is 2.35. The summed E-state index contributed by atoms with van der Waals surface area (Å²) in [7, 11) is 0. The maximum Gasteiger partial charge on any atom is 0.154 e. The molecule has 0 amide bonds. The Bertz CT molecular complexity index is 625. The van der Waals surface area contributed by atoms with E-state index in [-0.39, 0.29) is 10.7 Å². The highest BCUT2D eigenvalue weighted by molar-refractivity contribution is 6.30. The summed E-state index contributed by atoms with van der Waals surface area (Å²) in [6.45, 7) is 0. The Morgan fingerprint density at radius 2 is 2.28 bits per heavy atom. The standard InChI is InChI=1S/C11H9ClN6/c12-10-7(4-13)11(15-5-14-10)16-9-3-8(17-18-9)6-1-2-6/h3,5-6H,1-2H2,(H2,14,15,16,17,18). The summed E-state index contributed by atoms with van der Waals surface area (Å²) in [6.07, 6.45) is 3.70. The second-order valence-electron chi connectivity index (χ2n) is 4.11. The zero-order chi connectivity index (χ0) is 12.5. The summed E-state index contributed by atoms with van der Waals surface area (Å²) in [5, 5.41) is 19.2. The summed E-state index contributed by atoms with van der Waals surface area (Å²) in [4.78, 5) is 7.75. The number of aromatic nitrogens is 4. The van der Waals surface area contributed by atoms with Crippen LogP contribution in [0.2, 0.25) is 5.15 Å². The fourth-order valence-corrected chi connectivity index (χ4v) is 1.86. The number of nitrogens with one attached hydrogen (secondary N) is 2. The van der Waals surface area contributed by atoms with Crippen LogP contribution in [0.15, 0.2) is 12.4 Å². The minimum Gasteiger partial charge on any atom is -0.322 e. The molecule has 1 aliphatic carbocycles. The Balaban J connectivity index is 1.87. The molecule has 1 saturated carbocycles. The monoisotopic (exact) mass is 260 g/mol. The third kappa shape index (κ3) is 2.00. The number of halogens is 1. The Hall–Kier alpha value is -2.13. The average Bonchev–Trinajstić information content (AvgIpc) is 3.11. The van der Waals surface area contributed by atoms with E-state index in [2.05, 4.69) is 25.5 Å². The Kier molecular flexibility index (Phi) is 2.61. The number of hydrogen-bond donors (Lipinski definition) is 2. The summed E-state index contributed by atoms with van der Waals surface area (Å²) in [5.41, 5.74) is 1.33. The molecule has 2 aromatic heterocycles. The molecule has 90 valence electrons. The molecule has 0 spiro atoms. The summed E-state index contributed by atoms with van der Waals surface area (Å²) < 4.78 is 0. The van der Waals surface area contributed by atoms with Crippen molar-refractivity contribution in [3.63, 3.8) is 0 Å². The molecule has 2 aromatic rings. The molecule has 6 nitrogen and oxygen atoms in total. The first-order chi connectivity index (χ1) is 8.78. The zero-order valence-corrected chi connectivity index (χ0v) is 10.1. The van der Waals surface area contributed by atoms with E-state index in [1.807, 2.05) is 12.1 Å². The minimum atomic E-state index is 0.132. The molecule has 1 fully saturated rings. The van der Waals surface area contributed by atoms with Gasteiger partial charge in [0.1, 0.15) is 18.0 Å². The maximum atomic E-state index is 9.00. The molecule has 2 heterocycles. The molecular formula is C11H9ClN6. The summed E-state index contributed by atoms with van der Waals surface area (Å²) in [5.74, 6) is 1.59. The number of anilines is 2. The van der Waals surface area contributed by atoms with Gasteiger partial charge in [0.05, 0.1) is 0 Å². The van der Waals surface area contributed by atoms with Crippen molar-refractivity contribution in [3.8, 4) is 6.07 Å². The fourth-order valence-electron chi connectivity index (χ4n) is 1.68. The zero-order valence-electron chi connectivity index (χ0n) is 9.31. The van der Waals surface area contributed by atoms with Crippen molar-refractivity contribution in [3.05, 3.63) is 28.8 Å². The Labute approximate surface area is 108 Å². The van der Waals surface area contributed by atoms with Gasteiger partial charge in [-0.2, -0.15) is 10.4 Å². The summed E-state index contributed by atoms with van der Waals surface area (Å²) in [6, 6.07) is 3.89. The molecule has 0 aliphatic heterocycles. The second-order valence-corrected chi connectivity index (χ2v) is 4.47. The lowest BCUT2D eigenvalue weighted by molar-refractivity contribution is 0.966. The highest BCUT2D eigenvalue weighted by Crippen LogP contribution is 2.39. The van der Waals surface area contributed by atoms with Crippen molar-refractivity contribution in [2.45, 2.75) is 18.8 Å². The third-order valence-corrected chi connectivity index (χ3v) is 3.06. The number of nitrogens with zero attached hydrogens (tertiary/aromatic N) is 4. The number of aromatic amines is 1. The maximum absolute atomic E-state index is 9.00. The van der Waals surface area contributed by atoms with Crippen LogP contribution < -0.4 is 5.32 Å². The average molecular weight is 261 g/mol. The van der Waals surface area contributed by atoms with E-state index in [0.29, 0.717) is 17.6 Å². The van der Waals surface area contributed by atoms with E-state index in [1.165, 1.54) is 19.2 Å². The van der Waals surface area contributed by atoms with E-state index in [0.717, 1.165) is 5.69 Å². The van der Waals surface area contributed by atoms with Gasteiger partial charge >= 0.3 is 0 Å². The molecule has 3 rings (SSSR count).